The molecule has 0 unspecified atom stereocenters. The Balaban J connectivity index is 1.43. The van der Waals surface area contributed by atoms with Crippen molar-refractivity contribution in [2.24, 2.45) is 4.99 Å². The maximum Gasteiger partial charge on any atom is 0.586 e. The van der Waals surface area contributed by atoms with Crippen molar-refractivity contribution >= 4 is 17.4 Å². The van der Waals surface area contributed by atoms with Gasteiger partial charge in [-0.1, -0.05) is 41.7 Å². The van der Waals surface area contributed by atoms with E-state index in [1.165, 1.54) is 23.5 Å². The molecule has 1 fully saturated rings. The maximum atomic E-state index is 13.4. The number of aromatic nitrogens is 1. The number of urea groups is 1. The van der Waals surface area contributed by atoms with Crippen LogP contribution in [0.2, 0.25) is 0 Å². The number of halogens is 2. The first-order valence-corrected chi connectivity index (χ1v) is 11.4. The van der Waals surface area contributed by atoms with Gasteiger partial charge in [0.2, 0.25) is 0 Å². The quantitative estimate of drug-likeness (QED) is 0.539. The van der Waals surface area contributed by atoms with Gasteiger partial charge in [-0.05, 0) is 30.5 Å². The summed E-state index contributed by atoms with van der Waals surface area (Å²) < 4.78 is 43.5. The molecule has 1 saturated heterocycles. The number of fused-ring (bicyclic) bond motifs is 1. The molecule has 2 aromatic carbocycles. The lowest BCUT2D eigenvalue weighted by atomic mass is 10.2. The maximum absolute atomic E-state index is 13.4. The fourth-order valence-corrected chi connectivity index (χ4v) is 4.63. The number of ether oxygens (including phenoxy) is 3. The number of benzene rings is 2. The number of likely N-dealkylation sites (tertiary alicyclic amines) is 1. The fraction of sp³-hybridized carbons (Fsp3) is 0.304. The largest absolute Gasteiger partial charge is 0.586 e. The predicted octanol–water partition coefficient (Wildman–Crippen LogP) is 4.69. The van der Waals surface area contributed by atoms with E-state index < -0.39 is 6.29 Å². The molecule has 2 amide bonds. The highest BCUT2D eigenvalue weighted by Gasteiger charge is 2.43. The zero-order chi connectivity index (χ0) is 22.8. The number of alkyl halides is 2. The van der Waals surface area contributed by atoms with Crippen LogP contribution in [0.25, 0.3) is 5.69 Å². The molecule has 0 radical (unpaired) electrons. The number of carbonyl (C=O) groups is 1. The number of hydrogen-bond donors (Lipinski definition) is 0. The Morgan fingerprint density at radius 1 is 1.06 bits per heavy atom. The number of rotatable bonds is 5. The predicted molar refractivity (Wildman–Crippen MR) is 117 cm³/mol. The van der Waals surface area contributed by atoms with Crippen LogP contribution < -0.4 is 14.3 Å². The molecule has 3 aromatic rings. The molecule has 0 saturated carbocycles. The molecule has 0 spiro atoms. The molecular formula is C23H21F2N3O4S. The number of thiazole rings is 1. The smallest absolute Gasteiger partial charge is 0.395 e. The first-order chi connectivity index (χ1) is 16.0. The Morgan fingerprint density at radius 3 is 2.61 bits per heavy atom. The number of carbonyl (C=O) groups excluding carboxylic acids is 1. The molecule has 1 aromatic heterocycles. The molecule has 2 aliphatic rings. The van der Waals surface area contributed by atoms with Crippen molar-refractivity contribution in [3.05, 3.63) is 70.0 Å². The first kappa shape index (κ1) is 21.6. The summed E-state index contributed by atoms with van der Waals surface area (Å²) in [6.07, 6.45) is 0.0123. The van der Waals surface area contributed by atoms with Crippen LogP contribution in [0, 0.1) is 0 Å². The Hall–Kier alpha value is -3.24. The van der Waals surface area contributed by atoms with Crippen LogP contribution in [0.4, 0.5) is 13.6 Å². The van der Waals surface area contributed by atoms with Gasteiger partial charge >= 0.3 is 12.3 Å². The third-order valence-electron chi connectivity index (χ3n) is 5.29. The minimum Gasteiger partial charge on any atom is -0.395 e. The van der Waals surface area contributed by atoms with E-state index >= 15 is 0 Å². The van der Waals surface area contributed by atoms with Gasteiger partial charge in [-0.25, -0.2) is 4.79 Å². The Kier molecular flexibility index (Phi) is 5.86. The van der Waals surface area contributed by atoms with E-state index in [4.69, 9.17) is 4.74 Å². The van der Waals surface area contributed by atoms with Gasteiger partial charge in [0.15, 0.2) is 16.3 Å². The summed E-state index contributed by atoms with van der Waals surface area (Å²) in [5.74, 6) is -0.118. The van der Waals surface area contributed by atoms with Crippen LogP contribution in [-0.4, -0.2) is 34.9 Å². The summed E-state index contributed by atoms with van der Waals surface area (Å²) in [7, 11) is 0. The molecule has 10 heteroatoms. The number of hydrogen-bond acceptors (Lipinski definition) is 5. The summed E-state index contributed by atoms with van der Waals surface area (Å²) in [6, 6.07) is 13.9. The molecule has 7 nitrogen and oxygen atoms in total. The highest BCUT2D eigenvalue weighted by atomic mass is 32.1. The van der Waals surface area contributed by atoms with E-state index in [1.807, 2.05) is 30.3 Å². The topological polar surface area (TPSA) is 65.3 Å². The standard InChI is InChI=1S/C23H21F2N3O4S/c24-23(25)31-19-9-8-17(12-20(19)32-23)28-13-18(15-30-14-16-6-2-1-3-7-16)33-22(28)26-21(29)27-10-4-5-11-27/h1-3,6-9,12-13H,4-5,10-11,14-15H2/b26-22-. The van der Waals surface area contributed by atoms with E-state index in [9.17, 15) is 13.6 Å². The molecule has 0 aliphatic carbocycles. The van der Waals surface area contributed by atoms with Crippen molar-refractivity contribution in [2.45, 2.75) is 32.4 Å². The van der Waals surface area contributed by atoms with Crippen LogP contribution in [0.15, 0.2) is 59.7 Å². The number of amides is 2. The molecule has 0 bridgehead atoms. The molecule has 0 N–H and O–H groups in total. The van der Waals surface area contributed by atoms with Gasteiger partial charge in [-0.2, -0.15) is 4.99 Å². The lowest BCUT2D eigenvalue weighted by Gasteiger charge is -2.10. The molecule has 5 rings (SSSR count). The van der Waals surface area contributed by atoms with Crippen LogP contribution in [-0.2, 0) is 18.0 Å². The zero-order valence-electron chi connectivity index (χ0n) is 17.6. The third kappa shape index (κ3) is 4.91. The van der Waals surface area contributed by atoms with Gasteiger partial charge in [-0.3, -0.25) is 4.57 Å². The molecule has 33 heavy (non-hydrogen) atoms. The van der Waals surface area contributed by atoms with Crippen LogP contribution in [0.3, 0.4) is 0 Å². The Bertz CT molecular complexity index is 1220. The van der Waals surface area contributed by atoms with E-state index in [1.54, 1.807) is 21.7 Å². The van der Waals surface area contributed by atoms with E-state index in [-0.39, 0.29) is 17.5 Å². The summed E-state index contributed by atoms with van der Waals surface area (Å²) in [5.41, 5.74) is 1.57. The molecular weight excluding hydrogens is 452 g/mol. The monoisotopic (exact) mass is 473 g/mol. The second-order valence-electron chi connectivity index (χ2n) is 7.72. The van der Waals surface area contributed by atoms with Crippen molar-refractivity contribution in [3.8, 4) is 17.2 Å². The molecule has 0 atom stereocenters. The van der Waals surface area contributed by atoms with Crippen molar-refractivity contribution in [3.63, 3.8) is 0 Å². The lowest BCUT2D eigenvalue weighted by molar-refractivity contribution is -0.286. The van der Waals surface area contributed by atoms with Gasteiger partial charge in [0.25, 0.3) is 0 Å². The average Bonchev–Trinajstić information content (AvgIpc) is 3.52. The summed E-state index contributed by atoms with van der Waals surface area (Å²) in [5, 5.41) is 0. The minimum absolute atomic E-state index is 0.0439. The summed E-state index contributed by atoms with van der Waals surface area (Å²) >= 11 is 1.31. The van der Waals surface area contributed by atoms with Crippen molar-refractivity contribution in [1.29, 1.82) is 0 Å². The van der Waals surface area contributed by atoms with Crippen LogP contribution >= 0.6 is 11.3 Å². The Labute approximate surface area is 192 Å². The SMILES string of the molecule is O=C(/N=c1\sc(COCc2ccccc2)cn1-c1ccc2c(c1)OC(F)(F)O2)N1CCCC1. The van der Waals surface area contributed by atoms with Crippen LogP contribution in [0.5, 0.6) is 11.5 Å². The minimum atomic E-state index is -3.70. The van der Waals surface area contributed by atoms with Crippen molar-refractivity contribution in [1.82, 2.24) is 9.47 Å². The van der Waals surface area contributed by atoms with Gasteiger partial charge < -0.3 is 19.1 Å². The number of nitrogens with zero attached hydrogens (tertiary/aromatic N) is 3. The van der Waals surface area contributed by atoms with E-state index in [2.05, 4.69) is 14.5 Å². The fourth-order valence-electron chi connectivity index (χ4n) is 3.71. The Morgan fingerprint density at radius 2 is 1.82 bits per heavy atom. The highest BCUT2D eigenvalue weighted by Crippen LogP contribution is 2.41. The average molecular weight is 474 g/mol. The highest BCUT2D eigenvalue weighted by molar-refractivity contribution is 7.09. The summed E-state index contributed by atoms with van der Waals surface area (Å²) in [4.78, 5) is 19.9. The van der Waals surface area contributed by atoms with Crippen molar-refractivity contribution < 1.29 is 27.8 Å². The molecule has 2 aliphatic heterocycles. The molecule has 172 valence electrons. The normalized spacial score (nSPS) is 17.0. The van der Waals surface area contributed by atoms with Crippen LogP contribution in [0.1, 0.15) is 23.3 Å². The van der Waals surface area contributed by atoms with E-state index in [0.29, 0.717) is 36.8 Å². The van der Waals surface area contributed by atoms with Gasteiger partial charge in [0.05, 0.1) is 23.8 Å². The van der Waals surface area contributed by atoms with Crippen molar-refractivity contribution in [2.75, 3.05) is 13.1 Å². The zero-order valence-corrected chi connectivity index (χ0v) is 18.4. The van der Waals surface area contributed by atoms with Gasteiger partial charge in [0, 0.05) is 25.4 Å². The second kappa shape index (κ2) is 8.95. The third-order valence-corrected chi connectivity index (χ3v) is 6.24. The second-order valence-corrected chi connectivity index (χ2v) is 8.81. The summed E-state index contributed by atoms with van der Waals surface area (Å²) in [6.45, 7) is 2.12. The van der Waals surface area contributed by atoms with Gasteiger partial charge in [0.1, 0.15) is 0 Å². The lowest BCUT2D eigenvalue weighted by Crippen LogP contribution is -2.27. The van der Waals surface area contributed by atoms with Gasteiger partial charge in [-0.15, -0.1) is 8.78 Å². The molecule has 3 heterocycles. The van der Waals surface area contributed by atoms with E-state index in [0.717, 1.165) is 23.3 Å². The first-order valence-electron chi connectivity index (χ1n) is 10.5.